The number of benzene rings is 1. The van der Waals surface area contributed by atoms with Gasteiger partial charge in [-0.1, -0.05) is 30.3 Å². The standard InChI is InChI=1S/C21H35N5O2/c1-5-22-20(24-16-19(27)25-21(2,3)4)23-15-18(17-9-7-6-8-10-17)26-11-13-28-14-12-26/h6-10,18H,5,11-16H2,1-4H3,(H,25,27)(H2,22,23,24). The van der Waals surface area contributed by atoms with Crippen molar-refractivity contribution in [3.8, 4) is 0 Å². The van der Waals surface area contributed by atoms with Gasteiger partial charge in [-0.2, -0.15) is 0 Å². The molecule has 0 radical (unpaired) electrons. The zero-order chi connectivity index (χ0) is 20.4. The van der Waals surface area contributed by atoms with Crippen molar-refractivity contribution in [1.29, 1.82) is 0 Å². The third-order valence-electron chi connectivity index (χ3n) is 4.37. The van der Waals surface area contributed by atoms with Crippen LogP contribution in [0.15, 0.2) is 35.3 Å². The summed E-state index contributed by atoms with van der Waals surface area (Å²) in [7, 11) is 0. The molecule has 7 heteroatoms. The molecule has 1 fully saturated rings. The zero-order valence-electron chi connectivity index (χ0n) is 17.6. The molecule has 2 rings (SSSR count). The van der Waals surface area contributed by atoms with Crippen LogP contribution in [-0.4, -0.2) is 68.2 Å². The fourth-order valence-corrected chi connectivity index (χ4v) is 3.17. The Labute approximate surface area is 168 Å². The smallest absolute Gasteiger partial charge is 0.242 e. The molecular formula is C21H35N5O2. The van der Waals surface area contributed by atoms with Crippen molar-refractivity contribution in [1.82, 2.24) is 20.9 Å². The molecule has 7 nitrogen and oxygen atoms in total. The average Bonchev–Trinajstić information content (AvgIpc) is 2.66. The molecule has 1 heterocycles. The third-order valence-corrected chi connectivity index (χ3v) is 4.37. The van der Waals surface area contributed by atoms with E-state index in [2.05, 4.69) is 50.1 Å². The zero-order valence-corrected chi connectivity index (χ0v) is 17.6. The molecule has 1 aliphatic rings. The minimum absolute atomic E-state index is 0.0857. The fourth-order valence-electron chi connectivity index (χ4n) is 3.17. The topological polar surface area (TPSA) is 78.0 Å². The number of aliphatic imine (C=N–C) groups is 1. The van der Waals surface area contributed by atoms with Gasteiger partial charge < -0.3 is 20.7 Å². The molecule has 1 amide bonds. The largest absolute Gasteiger partial charge is 0.379 e. The van der Waals surface area contributed by atoms with Crippen molar-refractivity contribution in [2.75, 3.05) is 45.9 Å². The lowest BCUT2D eigenvalue weighted by Crippen LogP contribution is -2.47. The molecular weight excluding hydrogens is 354 g/mol. The summed E-state index contributed by atoms with van der Waals surface area (Å²) in [5.41, 5.74) is 1.01. The van der Waals surface area contributed by atoms with E-state index in [1.807, 2.05) is 33.8 Å². The van der Waals surface area contributed by atoms with Gasteiger partial charge in [-0.3, -0.25) is 9.69 Å². The Kier molecular flexibility index (Phi) is 8.73. The van der Waals surface area contributed by atoms with Crippen LogP contribution in [0.2, 0.25) is 0 Å². The first-order chi connectivity index (χ1) is 13.4. The second-order valence-corrected chi connectivity index (χ2v) is 7.95. The maximum atomic E-state index is 12.1. The Morgan fingerprint density at radius 1 is 1.18 bits per heavy atom. The summed E-state index contributed by atoms with van der Waals surface area (Å²) in [4.78, 5) is 19.0. The van der Waals surface area contributed by atoms with Gasteiger partial charge >= 0.3 is 0 Å². The van der Waals surface area contributed by atoms with Gasteiger partial charge in [0.05, 0.1) is 19.3 Å². The van der Waals surface area contributed by atoms with Crippen LogP contribution in [0.25, 0.3) is 0 Å². The van der Waals surface area contributed by atoms with Crippen molar-refractivity contribution in [3.63, 3.8) is 0 Å². The average molecular weight is 390 g/mol. The fraction of sp³-hybridized carbons (Fsp3) is 0.619. The first-order valence-electron chi connectivity index (χ1n) is 10.1. The van der Waals surface area contributed by atoms with Crippen LogP contribution in [0.3, 0.4) is 0 Å². The summed E-state index contributed by atoms with van der Waals surface area (Å²) in [6.45, 7) is 12.8. The van der Waals surface area contributed by atoms with Gasteiger partial charge in [0.15, 0.2) is 5.96 Å². The molecule has 0 aliphatic carbocycles. The Morgan fingerprint density at radius 3 is 2.46 bits per heavy atom. The highest BCUT2D eigenvalue weighted by atomic mass is 16.5. The number of nitrogens with zero attached hydrogens (tertiary/aromatic N) is 2. The molecule has 1 aromatic rings. The molecule has 3 N–H and O–H groups in total. The monoisotopic (exact) mass is 389 g/mol. The van der Waals surface area contributed by atoms with E-state index in [0.29, 0.717) is 12.5 Å². The van der Waals surface area contributed by atoms with Gasteiger partial charge in [0.25, 0.3) is 0 Å². The minimum atomic E-state index is -0.257. The van der Waals surface area contributed by atoms with E-state index in [1.54, 1.807) is 0 Å². The summed E-state index contributed by atoms with van der Waals surface area (Å²) in [5.74, 6) is 0.568. The lowest BCUT2D eigenvalue weighted by atomic mass is 10.0. The number of hydrogen-bond donors (Lipinski definition) is 3. The van der Waals surface area contributed by atoms with E-state index in [1.165, 1.54) is 5.56 Å². The number of carbonyl (C=O) groups is 1. The predicted molar refractivity (Wildman–Crippen MR) is 113 cm³/mol. The Balaban J connectivity index is 2.02. The summed E-state index contributed by atoms with van der Waals surface area (Å²) in [6.07, 6.45) is 0. The lowest BCUT2D eigenvalue weighted by Gasteiger charge is -2.35. The van der Waals surface area contributed by atoms with Gasteiger partial charge in [0, 0.05) is 31.7 Å². The number of guanidine groups is 1. The van der Waals surface area contributed by atoms with Crippen LogP contribution in [0, 0.1) is 0 Å². The van der Waals surface area contributed by atoms with Crippen LogP contribution in [0.5, 0.6) is 0 Å². The Bertz CT molecular complexity index is 621. The van der Waals surface area contributed by atoms with Crippen LogP contribution >= 0.6 is 0 Å². The van der Waals surface area contributed by atoms with Crippen LogP contribution in [0.1, 0.15) is 39.3 Å². The number of amides is 1. The first kappa shape index (κ1) is 22.2. The third kappa shape index (κ3) is 7.86. The molecule has 1 unspecified atom stereocenters. The van der Waals surface area contributed by atoms with Crippen molar-refractivity contribution in [3.05, 3.63) is 35.9 Å². The minimum Gasteiger partial charge on any atom is -0.379 e. The van der Waals surface area contributed by atoms with E-state index < -0.39 is 0 Å². The Hall–Kier alpha value is -2.12. The second kappa shape index (κ2) is 11.0. The summed E-state index contributed by atoms with van der Waals surface area (Å²) >= 11 is 0. The number of hydrogen-bond acceptors (Lipinski definition) is 4. The van der Waals surface area contributed by atoms with E-state index in [9.17, 15) is 4.79 Å². The Morgan fingerprint density at radius 2 is 1.86 bits per heavy atom. The van der Waals surface area contributed by atoms with Gasteiger partial charge in [-0.15, -0.1) is 0 Å². The normalized spacial score (nSPS) is 17.1. The van der Waals surface area contributed by atoms with Crippen molar-refractivity contribution in [2.45, 2.75) is 39.3 Å². The van der Waals surface area contributed by atoms with E-state index in [4.69, 9.17) is 4.74 Å². The second-order valence-electron chi connectivity index (χ2n) is 7.95. The first-order valence-corrected chi connectivity index (χ1v) is 10.1. The van der Waals surface area contributed by atoms with Crippen molar-refractivity contribution in [2.24, 2.45) is 4.99 Å². The molecule has 0 aromatic heterocycles. The molecule has 0 bridgehead atoms. The summed E-state index contributed by atoms with van der Waals surface area (Å²) in [6, 6.07) is 10.7. The number of carbonyl (C=O) groups excluding carboxylic acids is 1. The molecule has 0 spiro atoms. The van der Waals surface area contributed by atoms with Gasteiger partial charge in [-0.25, -0.2) is 4.99 Å². The number of ether oxygens (including phenoxy) is 1. The van der Waals surface area contributed by atoms with Crippen LogP contribution in [0.4, 0.5) is 0 Å². The van der Waals surface area contributed by atoms with Crippen molar-refractivity contribution < 1.29 is 9.53 Å². The number of morpholine rings is 1. The SMILES string of the molecule is CCNC(=NCC(=O)NC(C)(C)C)NCC(c1ccccc1)N1CCOCC1. The van der Waals surface area contributed by atoms with E-state index in [0.717, 1.165) is 32.8 Å². The molecule has 1 atom stereocenters. The summed E-state index contributed by atoms with van der Waals surface area (Å²) < 4.78 is 5.51. The highest BCUT2D eigenvalue weighted by Crippen LogP contribution is 2.20. The molecule has 156 valence electrons. The van der Waals surface area contributed by atoms with Crippen LogP contribution < -0.4 is 16.0 Å². The maximum absolute atomic E-state index is 12.1. The van der Waals surface area contributed by atoms with Crippen molar-refractivity contribution >= 4 is 11.9 Å². The molecule has 0 saturated carbocycles. The van der Waals surface area contributed by atoms with E-state index >= 15 is 0 Å². The van der Waals surface area contributed by atoms with Gasteiger partial charge in [0.2, 0.25) is 5.91 Å². The molecule has 1 aromatic carbocycles. The van der Waals surface area contributed by atoms with Gasteiger partial charge in [-0.05, 0) is 33.3 Å². The molecule has 28 heavy (non-hydrogen) atoms. The number of nitrogens with one attached hydrogen (secondary N) is 3. The van der Waals surface area contributed by atoms with Crippen LogP contribution in [-0.2, 0) is 9.53 Å². The number of rotatable bonds is 7. The lowest BCUT2D eigenvalue weighted by molar-refractivity contribution is -0.121. The van der Waals surface area contributed by atoms with E-state index in [-0.39, 0.29) is 24.0 Å². The molecule has 1 aliphatic heterocycles. The predicted octanol–water partition coefficient (Wildman–Crippen LogP) is 1.53. The van der Waals surface area contributed by atoms with Gasteiger partial charge in [0.1, 0.15) is 6.54 Å². The maximum Gasteiger partial charge on any atom is 0.242 e. The highest BCUT2D eigenvalue weighted by Gasteiger charge is 2.22. The molecule has 1 saturated heterocycles. The quantitative estimate of drug-likeness (QED) is 0.487. The highest BCUT2D eigenvalue weighted by molar-refractivity contribution is 5.85. The summed E-state index contributed by atoms with van der Waals surface area (Å²) in [5, 5.41) is 9.57.